The Hall–Kier alpha value is -2.45. The maximum absolute atomic E-state index is 12.6. The molecule has 0 aromatic rings. The molecule has 9 heteroatoms. The van der Waals surface area contributed by atoms with E-state index in [0.29, 0.717) is 6.42 Å². The number of ketones is 1. The van der Waals surface area contributed by atoms with Gasteiger partial charge < -0.3 is 20.5 Å². The first-order valence-electron chi connectivity index (χ1n) is 8.44. The van der Waals surface area contributed by atoms with Crippen LogP contribution in [-0.2, 0) is 33.4 Å². The molecular weight excluding hydrogens is 344 g/mol. The number of ether oxygens (including phenoxy) is 2. The van der Waals surface area contributed by atoms with Crippen molar-refractivity contribution in [1.29, 1.82) is 0 Å². The van der Waals surface area contributed by atoms with Crippen LogP contribution in [0.5, 0.6) is 0 Å². The van der Waals surface area contributed by atoms with Gasteiger partial charge in [0.25, 0.3) is 0 Å². The van der Waals surface area contributed by atoms with Crippen molar-refractivity contribution in [2.75, 3.05) is 14.2 Å². The van der Waals surface area contributed by atoms with E-state index in [9.17, 15) is 24.0 Å². The van der Waals surface area contributed by atoms with Crippen molar-refractivity contribution in [2.45, 2.75) is 45.1 Å². The number of nitrogens with one attached hydrogen (secondary N) is 1. The summed E-state index contributed by atoms with van der Waals surface area (Å²) in [5.74, 6) is -3.96. The number of methoxy groups -OCH3 is 2. The summed E-state index contributed by atoms with van der Waals surface area (Å²) in [4.78, 5) is 59.0. The molecule has 2 amide bonds. The summed E-state index contributed by atoms with van der Waals surface area (Å²) in [6, 6.07) is -1.02. The molecule has 4 atom stereocenters. The predicted octanol–water partition coefficient (Wildman–Crippen LogP) is -0.296. The van der Waals surface area contributed by atoms with Crippen molar-refractivity contribution in [2.24, 2.45) is 23.5 Å². The normalized spacial score (nSPS) is 23.4. The van der Waals surface area contributed by atoms with Crippen molar-refractivity contribution in [1.82, 2.24) is 5.32 Å². The lowest BCUT2D eigenvalue weighted by molar-refractivity contribution is -0.147. The van der Waals surface area contributed by atoms with E-state index in [4.69, 9.17) is 5.73 Å². The first-order chi connectivity index (χ1) is 12.2. The van der Waals surface area contributed by atoms with Crippen LogP contribution in [0.25, 0.3) is 0 Å². The molecule has 3 unspecified atom stereocenters. The van der Waals surface area contributed by atoms with Crippen molar-refractivity contribution in [3.63, 3.8) is 0 Å². The molecule has 0 aromatic carbocycles. The Morgan fingerprint density at radius 3 is 2.08 bits per heavy atom. The highest BCUT2D eigenvalue weighted by atomic mass is 16.5. The third kappa shape index (κ3) is 6.12. The highest BCUT2D eigenvalue weighted by molar-refractivity contribution is 5.88. The van der Waals surface area contributed by atoms with Crippen LogP contribution in [0.15, 0.2) is 0 Å². The Morgan fingerprint density at radius 2 is 1.58 bits per heavy atom. The predicted molar refractivity (Wildman–Crippen MR) is 89.4 cm³/mol. The maximum atomic E-state index is 12.6. The highest BCUT2D eigenvalue weighted by Crippen LogP contribution is 2.34. The van der Waals surface area contributed by atoms with Crippen LogP contribution in [-0.4, -0.2) is 49.8 Å². The molecule has 3 N–H and O–H groups in total. The van der Waals surface area contributed by atoms with E-state index in [-0.39, 0.29) is 31.5 Å². The molecule has 26 heavy (non-hydrogen) atoms. The van der Waals surface area contributed by atoms with E-state index < -0.39 is 47.5 Å². The van der Waals surface area contributed by atoms with E-state index in [1.54, 1.807) is 0 Å². The Labute approximate surface area is 151 Å². The second-order valence-electron chi connectivity index (χ2n) is 6.51. The van der Waals surface area contributed by atoms with Crippen molar-refractivity contribution in [3.8, 4) is 0 Å². The third-order valence-electron chi connectivity index (χ3n) is 4.72. The first kappa shape index (κ1) is 21.6. The number of carbonyl (C=O) groups is 5. The number of carbonyl (C=O) groups excluding carboxylic acids is 5. The van der Waals surface area contributed by atoms with Gasteiger partial charge in [-0.15, -0.1) is 0 Å². The standard InChI is InChI=1S/C17H26N2O7/c1-9(20)10-6-11(15(18)22)8-12(7-10)16(23)19-13(17(24)26-3)4-5-14(21)25-2/h10-13H,4-8H2,1-3H3,(H2,18,22)(H,19,23)/t10?,11?,12?,13-/m0/s1. The summed E-state index contributed by atoms with van der Waals surface area (Å²) >= 11 is 0. The van der Waals surface area contributed by atoms with Gasteiger partial charge in [0, 0.05) is 24.2 Å². The van der Waals surface area contributed by atoms with E-state index >= 15 is 0 Å². The first-order valence-corrected chi connectivity index (χ1v) is 8.44. The van der Waals surface area contributed by atoms with Crippen molar-refractivity contribution >= 4 is 29.5 Å². The minimum absolute atomic E-state index is 0.0210. The molecular formula is C17H26N2O7. The van der Waals surface area contributed by atoms with Gasteiger partial charge in [-0.05, 0) is 32.6 Å². The van der Waals surface area contributed by atoms with Gasteiger partial charge in [0.2, 0.25) is 11.8 Å². The summed E-state index contributed by atoms with van der Waals surface area (Å²) < 4.78 is 9.17. The van der Waals surface area contributed by atoms with Gasteiger partial charge >= 0.3 is 11.9 Å². The quantitative estimate of drug-likeness (QED) is 0.559. The molecule has 0 spiro atoms. The fourth-order valence-electron chi connectivity index (χ4n) is 3.14. The summed E-state index contributed by atoms with van der Waals surface area (Å²) in [6.07, 6.45) is 0.789. The second-order valence-corrected chi connectivity index (χ2v) is 6.51. The third-order valence-corrected chi connectivity index (χ3v) is 4.72. The van der Waals surface area contributed by atoms with Gasteiger partial charge in [-0.25, -0.2) is 4.79 Å². The van der Waals surface area contributed by atoms with E-state index in [1.807, 2.05) is 0 Å². The number of amides is 2. The summed E-state index contributed by atoms with van der Waals surface area (Å²) in [6.45, 7) is 1.41. The Bertz CT molecular complexity index is 553. The maximum Gasteiger partial charge on any atom is 0.328 e. The van der Waals surface area contributed by atoms with Gasteiger partial charge in [-0.3, -0.25) is 19.2 Å². The molecule has 0 heterocycles. The molecule has 0 aliphatic heterocycles. The highest BCUT2D eigenvalue weighted by Gasteiger charge is 2.38. The minimum Gasteiger partial charge on any atom is -0.469 e. The van der Waals surface area contributed by atoms with Crippen LogP contribution in [0, 0.1) is 17.8 Å². The molecule has 0 aromatic heterocycles. The minimum atomic E-state index is -1.02. The van der Waals surface area contributed by atoms with Crippen LogP contribution < -0.4 is 11.1 Å². The summed E-state index contributed by atoms with van der Waals surface area (Å²) in [5, 5.41) is 2.55. The molecule has 1 aliphatic rings. The molecule has 0 radical (unpaired) electrons. The molecule has 1 rings (SSSR count). The van der Waals surface area contributed by atoms with Crippen LogP contribution in [0.1, 0.15) is 39.0 Å². The van der Waals surface area contributed by atoms with Gasteiger partial charge in [-0.1, -0.05) is 0 Å². The molecule has 0 saturated heterocycles. The van der Waals surface area contributed by atoms with Crippen molar-refractivity contribution in [3.05, 3.63) is 0 Å². The fourth-order valence-corrected chi connectivity index (χ4v) is 3.14. The van der Waals surface area contributed by atoms with Crippen molar-refractivity contribution < 1.29 is 33.4 Å². The number of primary amides is 1. The average molecular weight is 370 g/mol. The number of hydrogen-bond acceptors (Lipinski definition) is 7. The molecule has 1 saturated carbocycles. The van der Waals surface area contributed by atoms with Crippen LogP contribution in [0.2, 0.25) is 0 Å². The van der Waals surface area contributed by atoms with E-state index in [0.717, 1.165) is 0 Å². The van der Waals surface area contributed by atoms with Gasteiger partial charge in [0.1, 0.15) is 11.8 Å². The SMILES string of the molecule is COC(=O)CC[C@H](NC(=O)C1CC(C(C)=O)CC(C(N)=O)C1)C(=O)OC. The number of Topliss-reactive ketones (excluding diaryl/α,β-unsaturated/α-hetero) is 1. The lowest BCUT2D eigenvalue weighted by Gasteiger charge is -2.32. The molecule has 1 fully saturated rings. The molecule has 1 aliphatic carbocycles. The largest absolute Gasteiger partial charge is 0.469 e. The van der Waals surface area contributed by atoms with Gasteiger partial charge in [-0.2, -0.15) is 0 Å². The Kier molecular flexibility index (Phi) is 8.21. The Morgan fingerprint density at radius 1 is 1.00 bits per heavy atom. The van der Waals surface area contributed by atoms with E-state index in [1.165, 1.54) is 21.1 Å². The zero-order valence-corrected chi connectivity index (χ0v) is 15.3. The van der Waals surface area contributed by atoms with E-state index in [2.05, 4.69) is 14.8 Å². The Balaban J connectivity index is 2.82. The lowest BCUT2D eigenvalue weighted by Crippen LogP contribution is -2.47. The van der Waals surface area contributed by atoms with Crippen LogP contribution in [0.4, 0.5) is 0 Å². The van der Waals surface area contributed by atoms with Crippen LogP contribution >= 0.6 is 0 Å². The zero-order valence-electron chi connectivity index (χ0n) is 15.3. The molecule has 0 bridgehead atoms. The number of rotatable bonds is 8. The average Bonchev–Trinajstić information content (AvgIpc) is 2.63. The lowest BCUT2D eigenvalue weighted by atomic mass is 9.73. The van der Waals surface area contributed by atoms with Gasteiger partial charge in [0.15, 0.2) is 0 Å². The van der Waals surface area contributed by atoms with Crippen LogP contribution in [0.3, 0.4) is 0 Å². The smallest absolute Gasteiger partial charge is 0.328 e. The zero-order chi connectivity index (χ0) is 19.9. The second kappa shape index (κ2) is 9.88. The fraction of sp³-hybridized carbons (Fsp3) is 0.706. The molecule has 9 nitrogen and oxygen atoms in total. The van der Waals surface area contributed by atoms with Gasteiger partial charge in [0.05, 0.1) is 14.2 Å². The molecule has 146 valence electrons. The number of hydrogen-bond donors (Lipinski definition) is 2. The number of nitrogens with two attached hydrogens (primary N) is 1. The monoisotopic (exact) mass is 370 g/mol. The topological polar surface area (TPSA) is 142 Å². The summed E-state index contributed by atoms with van der Waals surface area (Å²) in [5.41, 5.74) is 5.35. The number of esters is 2. The summed E-state index contributed by atoms with van der Waals surface area (Å²) in [7, 11) is 2.40.